The highest BCUT2D eigenvalue weighted by atomic mass is 16.7. The number of aliphatic hydroxyl groups is 2. The molecule has 9 atom stereocenters. The largest absolute Gasteiger partial charge is 0.458 e. The summed E-state index contributed by atoms with van der Waals surface area (Å²) in [6.07, 6.45) is 7.02. The summed E-state index contributed by atoms with van der Waals surface area (Å²) in [5.41, 5.74) is -1.11. The van der Waals surface area contributed by atoms with Gasteiger partial charge in [-0.25, -0.2) is 4.79 Å². The number of cyclic esters (lactones) is 1. The molecule has 176 valence electrons. The van der Waals surface area contributed by atoms with Gasteiger partial charge in [-0.2, -0.15) is 0 Å². The van der Waals surface area contributed by atoms with E-state index in [0.29, 0.717) is 38.7 Å². The first-order valence-electron chi connectivity index (χ1n) is 12.3. The van der Waals surface area contributed by atoms with Gasteiger partial charge in [0.15, 0.2) is 0 Å². The van der Waals surface area contributed by atoms with Crippen molar-refractivity contribution in [1.82, 2.24) is 0 Å². The van der Waals surface area contributed by atoms with Crippen LogP contribution in [0.15, 0.2) is 11.6 Å². The highest BCUT2D eigenvalue weighted by molar-refractivity contribution is 5.85. The quantitative estimate of drug-likeness (QED) is 0.629. The minimum Gasteiger partial charge on any atom is -0.458 e. The molecule has 0 aromatic carbocycles. The van der Waals surface area contributed by atoms with Crippen molar-refractivity contribution in [3.05, 3.63) is 11.6 Å². The molecule has 0 aromatic rings. The van der Waals surface area contributed by atoms with Crippen LogP contribution >= 0.6 is 0 Å². The second kappa shape index (κ2) is 6.57. The average molecular weight is 447 g/mol. The number of carbonyl (C=O) groups is 2. The van der Waals surface area contributed by atoms with Gasteiger partial charge in [0.1, 0.15) is 6.61 Å². The number of carbonyl (C=O) groups excluding carboxylic acids is 2. The number of hydrogen-bond acceptors (Lipinski definition) is 7. The van der Waals surface area contributed by atoms with Gasteiger partial charge in [-0.05, 0) is 74.2 Å². The minimum absolute atomic E-state index is 0.0216. The molecule has 1 saturated heterocycles. The maximum absolute atomic E-state index is 12.1. The van der Waals surface area contributed by atoms with Crippen molar-refractivity contribution >= 4 is 11.9 Å². The van der Waals surface area contributed by atoms with Crippen LogP contribution in [0.2, 0.25) is 0 Å². The number of esters is 2. The summed E-state index contributed by atoms with van der Waals surface area (Å²) in [4.78, 5) is 23.9. The number of rotatable bonds is 2. The normalized spacial score (nSPS) is 53.7. The number of hydrogen-bond donors (Lipinski definition) is 2. The Morgan fingerprint density at radius 2 is 1.94 bits per heavy atom. The van der Waals surface area contributed by atoms with Gasteiger partial charge in [0.05, 0.1) is 22.7 Å². The SMILES string of the molecule is CC(=O)O[C@H]1O[C@]23CC[C@@]4(O)C[C@@H](O)CC[C@]14[C@@H]2CC[C@]1(C)[C@H](C2=CC(=O)OC2)CC[C@@H]13. The van der Waals surface area contributed by atoms with Crippen LogP contribution in [-0.2, 0) is 23.8 Å². The Balaban J connectivity index is 1.43. The van der Waals surface area contributed by atoms with Gasteiger partial charge in [-0.15, -0.1) is 0 Å². The van der Waals surface area contributed by atoms with E-state index in [1.807, 2.05) is 0 Å². The van der Waals surface area contributed by atoms with Gasteiger partial charge in [0.25, 0.3) is 0 Å². The number of aliphatic hydroxyl groups excluding tert-OH is 1. The monoisotopic (exact) mass is 446 g/mol. The fraction of sp³-hybridized carbons (Fsp3) is 0.840. The minimum atomic E-state index is -1.09. The van der Waals surface area contributed by atoms with E-state index >= 15 is 0 Å². The highest BCUT2D eigenvalue weighted by Gasteiger charge is 2.80. The predicted molar refractivity (Wildman–Crippen MR) is 112 cm³/mol. The zero-order chi connectivity index (χ0) is 22.5. The average Bonchev–Trinajstić information content (AvgIpc) is 3.35. The molecule has 1 spiro atoms. The standard InChI is InChI=1S/C25H34O7/c1-14(26)31-21-24-8-5-16(27)12-23(24,29)9-10-25(32-21)18-4-3-17(15-11-20(28)30-13-15)22(18,2)7-6-19(24)25/h11,16-19,21,27,29H,3-10,12-13H2,1-2H3/t16-,17-,18-,19-,21-,22+,23+,24-,25-/m0/s1. The molecule has 0 unspecified atom stereocenters. The smallest absolute Gasteiger partial charge is 0.331 e. The van der Waals surface area contributed by atoms with Crippen LogP contribution in [0.25, 0.3) is 0 Å². The first-order chi connectivity index (χ1) is 15.1. The molecular formula is C25H34O7. The predicted octanol–water partition coefficient (Wildman–Crippen LogP) is 2.63. The molecule has 32 heavy (non-hydrogen) atoms. The fourth-order valence-electron chi connectivity index (χ4n) is 9.43. The molecule has 4 saturated carbocycles. The summed E-state index contributed by atoms with van der Waals surface area (Å²) in [7, 11) is 0. The third kappa shape index (κ3) is 2.43. The summed E-state index contributed by atoms with van der Waals surface area (Å²) in [6, 6.07) is 0. The lowest BCUT2D eigenvalue weighted by atomic mass is 9.42. The van der Waals surface area contributed by atoms with E-state index in [1.165, 1.54) is 6.92 Å². The van der Waals surface area contributed by atoms with E-state index in [4.69, 9.17) is 14.2 Å². The first kappa shape index (κ1) is 21.1. The fourth-order valence-corrected chi connectivity index (χ4v) is 9.43. The van der Waals surface area contributed by atoms with E-state index in [2.05, 4.69) is 6.92 Å². The molecule has 5 fully saturated rings. The maximum atomic E-state index is 12.1. The molecule has 2 bridgehead atoms. The summed E-state index contributed by atoms with van der Waals surface area (Å²) >= 11 is 0. The van der Waals surface area contributed by atoms with Crippen LogP contribution in [0.3, 0.4) is 0 Å². The maximum Gasteiger partial charge on any atom is 0.331 e. The van der Waals surface area contributed by atoms with E-state index in [9.17, 15) is 19.8 Å². The van der Waals surface area contributed by atoms with Crippen molar-refractivity contribution in [1.29, 1.82) is 0 Å². The molecule has 2 aliphatic heterocycles. The van der Waals surface area contributed by atoms with Gasteiger partial charge in [-0.1, -0.05) is 6.92 Å². The second-order valence-corrected chi connectivity index (χ2v) is 11.6. The molecule has 0 radical (unpaired) electrons. The Hall–Kier alpha value is -1.44. The molecular weight excluding hydrogens is 412 g/mol. The van der Waals surface area contributed by atoms with Crippen LogP contribution in [0, 0.1) is 28.6 Å². The summed E-state index contributed by atoms with van der Waals surface area (Å²) in [6.45, 7) is 4.13. The van der Waals surface area contributed by atoms with Gasteiger partial charge in [-0.3, -0.25) is 4.79 Å². The van der Waals surface area contributed by atoms with Crippen molar-refractivity contribution in [2.24, 2.45) is 28.6 Å². The molecule has 4 aliphatic carbocycles. The first-order valence-corrected chi connectivity index (χ1v) is 12.3. The second-order valence-electron chi connectivity index (χ2n) is 11.6. The van der Waals surface area contributed by atoms with Crippen LogP contribution in [0.4, 0.5) is 0 Å². The Morgan fingerprint density at radius 3 is 2.66 bits per heavy atom. The molecule has 6 rings (SSSR count). The van der Waals surface area contributed by atoms with Crippen molar-refractivity contribution in [3.8, 4) is 0 Å². The van der Waals surface area contributed by atoms with Gasteiger partial charge < -0.3 is 24.4 Å². The molecule has 2 heterocycles. The third-order valence-corrected chi connectivity index (χ3v) is 10.5. The van der Waals surface area contributed by atoms with Crippen LogP contribution in [0.5, 0.6) is 0 Å². The van der Waals surface area contributed by atoms with Crippen molar-refractivity contribution < 1.29 is 34.0 Å². The Labute approximate surface area is 188 Å². The number of ether oxygens (including phenoxy) is 3. The molecule has 0 aromatic heterocycles. The van der Waals surface area contributed by atoms with Crippen LogP contribution in [0.1, 0.15) is 71.6 Å². The Morgan fingerprint density at radius 1 is 1.12 bits per heavy atom. The van der Waals surface area contributed by atoms with Gasteiger partial charge in [0, 0.05) is 25.3 Å². The van der Waals surface area contributed by atoms with Gasteiger partial charge >= 0.3 is 11.9 Å². The topological polar surface area (TPSA) is 102 Å². The molecule has 7 nitrogen and oxygen atoms in total. The summed E-state index contributed by atoms with van der Waals surface area (Å²) in [5, 5.41) is 22.3. The van der Waals surface area contributed by atoms with E-state index in [-0.39, 0.29) is 29.1 Å². The zero-order valence-electron chi connectivity index (χ0n) is 19.0. The van der Waals surface area contributed by atoms with Crippen molar-refractivity contribution in [3.63, 3.8) is 0 Å². The zero-order valence-corrected chi connectivity index (χ0v) is 19.0. The lowest BCUT2D eigenvalue weighted by molar-refractivity contribution is -0.241. The summed E-state index contributed by atoms with van der Waals surface area (Å²) < 4.78 is 17.9. The lowest BCUT2D eigenvalue weighted by Crippen LogP contribution is -2.67. The van der Waals surface area contributed by atoms with Gasteiger partial charge in [0.2, 0.25) is 6.29 Å². The molecule has 7 heteroatoms. The van der Waals surface area contributed by atoms with Crippen LogP contribution < -0.4 is 0 Å². The van der Waals surface area contributed by atoms with Crippen molar-refractivity contribution in [2.75, 3.05) is 6.61 Å². The Bertz CT molecular complexity index is 899. The van der Waals surface area contributed by atoms with Crippen LogP contribution in [-0.4, -0.2) is 52.4 Å². The van der Waals surface area contributed by atoms with E-state index in [1.54, 1.807) is 6.08 Å². The molecule has 6 aliphatic rings. The Kier molecular flexibility index (Phi) is 4.34. The van der Waals surface area contributed by atoms with Crippen molar-refractivity contribution in [2.45, 2.75) is 95.2 Å². The molecule has 2 N–H and O–H groups in total. The third-order valence-electron chi connectivity index (χ3n) is 10.5. The summed E-state index contributed by atoms with van der Waals surface area (Å²) in [5.74, 6) is 0.0170. The molecule has 0 amide bonds. The number of fused-ring (bicyclic) bond motifs is 1. The lowest BCUT2D eigenvalue weighted by Gasteiger charge is -2.63. The van der Waals surface area contributed by atoms with E-state index < -0.39 is 35.0 Å². The van der Waals surface area contributed by atoms with E-state index in [0.717, 1.165) is 31.3 Å². The highest BCUT2D eigenvalue weighted by Crippen LogP contribution is 2.76.